The number of carbonyl (C=O) groups is 1. The minimum absolute atomic E-state index is 0.0566. The van der Waals surface area contributed by atoms with Gasteiger partial charge in [0, 0.05) is 12.1 Å². The molecule has 0 spiro atoms. The van der Waals surface area contributed by atoms with Gasteiger partial charge in [-0.05, 0) is 6.07 Å². The maximum absolute atomic E-state index is 12.5. The molecule has 1 N–H and O–H groups in total. The smallest absolute Gasteiger partial charge is 0.323 e. The van der Waals surface area contributed by atoms with E-state index in [1.165, 1.54) is 18.2 Å². The Morgan fingerprint density at radius 2 is 1.59 bits per heavy atom. The highest BCUT2D eigenvalue weighted by atomic mass is 35.5. The van der Waals surface area contributed by atoms with Crippen LogP contribution < -0.4 is 22.4 Å². The predicted molar refractivity (Wildman–Crippen MR) is 106 cm³/mol. The molecule has 12 heteroatoms. The number of halogens is 1. The number of non-ortho nitro benzene ring substituents is 1. The van der Waals surface area contributed by atoms with Gasteiger partial charge in [0.05, 0.1) is 28.7 Å². The van der Waals surface area contributed by atoms with Gasteiger partial charge < -0.3 is 5.32 Å². The Balaban J connectivity index is 2.42. The van der Waals surface area contributed by atoms with Gasteiger partial charge >= 0.3 is 17.1 Å². The molecule has 0 aliphatic carbocycles. The van der Waals surface area contributed by atoms with E-state index < -0.39 is 34.4 Å². The number of hydrogen-bond donors (Lipinski definition) is 1. The summed E-state index contributed by atoms with van der Waals surface area (Å²) in [7, 11) is 0. The Bertz CT molecular complexity index is 1130. The molecule has 0 radical (unpaired) electrons. The SMILES string of the molecule is C=CCn1c(=O)n(CC=C)c(=O)n(CC(=O)Nc2ccc([N+](=O)[O-])cc2Cl)c1=O. The van der Waals surface area contributed by atoms with E-state index in [0.29, 0.717) is 4.57 Å². The van der Waals surface area contributed by atoms with Crippen molar-refractivity contribution < 1.29 is 9.72 Å². The highest BCUT2D eigenvalue weighted by Crippen LogP contribution is 2.26. The van der Waals surface area contributed by atoms with Gasteiger partial charge in [-0.25, -0.2) is 28.1 Å². The van der Waals surface area contributed by atoms with Crippen molar-refractivity contribution in [2.75, 3.05) is 5.32 Å². The standard InChI is InChI=1S/C17H16ClN5O6/c1-3-7-20-15(25)21(8-4-2)17(27)22(16(20)26)10-14(24)19-13-6-5-11(23(28)29)9-12(13)18/h3-6,9H,1-2,7-8,10H2,(H,19,24). The van der Waals surface area contributed by atoms with Gasteiger partial charge in [-0.15, -0.1) is 13.2 Å². The normalized spacial score (nSPS) is 10.4. The number of nitrogens with zero attached hydrogens (tertiary/aromatic N) is 4. The third-order valence-corrected chi connectivity index (χ3v) is 4.06. The third-order valence-electron chi connectivity index (χ3n) is 3.75. The Kier molecular flexibility index (Phi) is 6.67. The Labute approximate surface area is 167 Å². The number of hydrogen-bond acceptors (Lipinski definition) is 6. The van der Waals surface area contributed by atoms with Gasteiger partial charge in [0.1, 0.15) is 6.54 Å². The van der Waals surface area contributed by atoms with Crippen LogP contribution in [0, 0.1) is 10.1 Å². The van der Waals surface area contributed by atoms with Crippen molar-refractivity contribution in [3.8, 4) is 0 Å². The van der Waals surface area contributed by atoms with Crippen LogP contribution in [0.3, 0.4) is 0 Å². The van der Waals surface area contributed by atoms with Crippen LogP contribution in [0.25, 0.3) is 0 Å². The average Bonchev–Trinajstić information content (AvgIpc) is 2.67. The van der Waals surface area contributed by atoms with Crippen molar-refractivity contribution in [1.82, 2.24) is 13.7 Å². The number of anilines is 1. The highest BCUT2D eigenvalue weighted by Gasteiger charge is 2.18. The molecule has 152 valence electrons. The fraction of sp³-hybridized carbons (Fsp3) is 0.176. The summed E-state index contributed by atoms with van der Waals surface area (Å²) in [5.41, 5.74) is -3.03. The predicted octanol–water partition coefficient (Wildman–Crippen LogP) is 0.744. The van der Waals surface area contributed by atoms with E-state index in [0.717, 1.165) is 21.3 Å². The van der Waals surface area contributed by atoms with Crippen LogP contribution in [0.15, 0.2) is 57.9 Å². The van der Waals surface area contributed by atoms with Crippen molar-refractivity contribution in [3.63, 3.8) is 0 Å². The van der Waals surface area contributed by atoms with Crippen LogP contribution in [-0.4, -0.2) is 24.5 Å². The molecule has 0 fully saturated rings. The van der Waals surface area contributed by atoms with Crippen molar-refractivity contribution in [2.24, 2.45) is 0 Å². The zero-order valence-electron chi connectivity index (χ0n) is 15.0. The van der Waals surface area contributed by atoms with Crippen molar-refractivity contribution >= 4 is 28.9 Å². The largest absolute Gasteiger partial charge is 0.337 e. The van der Waals surface area contributed by atoms with Crippen molar-refractivity contribution in [3.05, 3.63) is 90.1 Å². The molecular weight excluding hydrogens is 406 g/mol. The summed E-state index contributed by atoms with van der Waals surface area (Å²) in [5, 5.41) is 13.0. The summed E-state index contributed by atoms with van der Waals surface area (Å²) in [6, 6.07) is 3.40. The van der Waals surface area contributed by atoms with Crippen LogP contribution in [0.1, 0.15) is 0 Å². The van der Waals surface area contributed by atoms with Crippen molar-refractivity contribution in [1.29, 1.82) is 0 Å². The number of carbonyl (C=O) groups excluding carboxylic acids is 1. The van der Waals surface area contributed by atoms with Gasteiger partial charge in [-0.1, -0.05) is 23.8 Å². The first-order chi connectivity index (χ1) is 13.7. The molecule has 1 aromatic heterocycles. The Hall–Kier alpha value is -3.73. The van der Waals surface area contributed by atoms with Gasteiger partial charge in [0.15, 0.2) is 0 Å². The fourth-order valence-corrected chi connectivity index (χ4v) is 2.66. The second kappa shape index (κ2) is 8.97. The van der Waals surface area contributed by atoms with Crippen LogP contribution >= 0.6 is 11.6 Å². The van der Waals surface area contributed by atoms with Gasteiger partial charge in [-0.2, -0.15) is 0 Å². The number of nitro groups is 1. The third kappa shape index (κ3) is 4.58. The summed E-state index contributed by atoms with van der Waals surface area (Å²) >= 11 is 5.92. The van der Waals surface area contributed by atoms with E-state index in [2.05, 4.69) is 18.5 Å². The molecular formula is C17H16ClN5O6. The number of benzene rings is 1. The first-order valence-corrected chi connectivity index (χ1v) is 8.49. The van der Waals surface area contributed by atoms with E-state index >= 15 is 0 Å². The molecule has 11 nitrogen and oxygen atoms in total. The quantitative estimate of drug-likeness (QED) is 0.379. The molecule has 0 aliphatic heterocycles. The minimum Gasteiger partial charge on any atom is -0.323 e. The minimum atomic E-state index is -0.981. The lowest BCUT2D eigenvalue weighted by Gasteiger charge is -2.12. The van der Waals surface area contributed by atoms with Crippen LogP contribution in [0.5, 0.6) is 0 Å². The lowest BCUT2D eigenvalue weighted by atomic mass is 10.3. The molecule has 0 unspecified atom stereocenters. The summed E-state index contributed by atoms with van der Waals surface area (Å²) in [5.74, 6) is -0.797. The summed E-state index contributed by atoms with van der Waals surface area (Å²) in [6.45, 7) is 5.88. The van der Waals surface area contributed by atoms with Crippen LogP contribution in [-0.2, 0) is 24.4 Å². The maximum Gasteiger partial charge on any atom is 0.337 e. The maximum atomic E-state index is 12.5. The number of rotatable bonds is 8. The lowest BCUT2D eigenvalue weighted by Crippen LogP contribution is -2.55. The molecule has 0 aliphatic rings. The Morgan fingerprint density at radius 3 is 2.03 bits per heavy atom. The van der Waals surface area contributed by atoms with E-state index in [4.69, 9.17) is 11.6 Å². The van der Waals surface area contributed by atoms with Gasteiger partial charge in [0.2, 0.25) is 5.91 Å². The molecule has 29 heavy (non-hydrogen) atoms. The average molecular weight is 422 g/mol. The lowest BCUT2D eigenvalue weighted by molar-refractivity contribution is -0.384. The second-order valence-electron chi connectivity index (χ2n) is 5.70. The van der Waals surface area contributed by atoms with E-state index in [-0.39, 0.29) is 29.5 Å². The molecule has 0 saturated carbocycles. The zero-order chi connectivity index (χ0) is 21.7. The monoisotopic (exact) mass is 421 g/mol. The highest BCUT2D eigenvalue weighted by molar-refractivity contribution is 6.33. The topological polar surface area (TPSA) is 138 Å². The van der Waals surface area contributed by atoms with Gasteiger partial charge in [-0.3, -0.25) is 14.9 Å². The van der Waals surface area contributed by atoms with E-state index in [9.17, 15) is 29.3 Å². The summed E-state index contributed by atoms with van der Waals surface area (Å²) in [4.78, 5) is 59.7. The molecule has 0 atom stereocenters. The second-order valence-corrected chi connectivity index (χ2v) is 6.11. The molecule has 0 saturated heterocycles. The number of aromatic nitrogens is 3. The number of nitro benzene ring substituents is 1. The van der Waals surface area contributed by atoms with Gasteiger partial charge in [0.25, 0.3) is 5.69 Å². The fourth-order valence-electron chi connectivity index (χ4n) is 2.44. The molecule has 2 rings (SSSR count). The first-order valence-electron chi connectivity index (χ1n) is 8.11. The summed E-state index contributed by atoms with van der Waals surface area (Å²) < 4.78 is 2.09. The molecule has 2 aromatic rings. The van der Waals surface area contributed by atoms with E-state index in [1.807, 2.05) is 0 Å². The van der Waals surface area contributed by atoms with Crippen LogP contribution in [0.2, 0.25) is 5.02 Å². The molecule has 0 bridgehead atoms. The number of allylic oxidation sites excluding steroid dienone is 2. The molecule has 1 heterocycles. The van der Waals surface area contributed by atoms with Crippen molar-refractivity contribution in [2.45, 2.75) is 19.6 Å². The molecule has 1 amide bonds. The zero-order valence-corrected chi connectivity index (χ0v) is 15.8. The summed E-state index contributed by atoms with van der Waals surface area (Å²) in [6.07, 6.45) is 2.60. The number of nitrogens with one attached hydrogen (secondary N) is 1. The Morgan fingerprint density at radius 1 is 1.07 bits per heavy atom. The number of amides is 1. The first kappa shape index (κ1) is 21.6. The molecule has 1 aromatic carbocycles. The van der Waals surface area contributed by atoms with Crippen LogP contribution in [0.4, 0.5) is 11.4 Å². The van der Waals surface area contributed by atoms with E-state index in [1.54, 1.807) is 0 Å².